The number of hydrogen-bond donors (Lipinski definition) is 2. The number of aliphatic hydroxyl groups is 2. The van der Waals surface area contributed by atoms with Crippen molar-refractivity contribution in [3.05, 3.63) is 64.2 Å². The second kappa shape index (κ2) is 6.33. The molecule has 0 bridgehead atoms. The molecule has 26 heavy (non-hydrogen) atoms. The first-order chi connectivity index (χ1) is 12.5. The molecule has 3 heterocycles. The van der Waals surface area contributed by atoms with E-state index in [-0.39, 0.29) is 24.9 Å². The van der Waals surface area contributed by atoms with E-state index in [2.05, 4.69) is 26.8 Å². The van der Waals surface area contributed by atoms with Crippen LogP contribution in [0.25, 0.3) is 10.9 Å². The number of rotatable bonds is 0. The van der Waals surface area contributed by atoms with Crippen LogP contribution in [-0.2, 0) is 13.0 Å². The predicted octanol–water partition coefficient (Wildman–Crippen LogP) is 0.603. The first kappa shape index (κ1) is 16.4. The average Bonchev–Trinajstić information content (AvgIpc) is 2.79. The first-order valence-corrected chi connectivity index (χ1v) is 8.28. The Hall–Kier alpha value is -3.08. The lowest BCUT2D eigenvalue weighted by atomic mass is 10.1. The summed E-state index contributed by atoms with van der Waals surface area (Å²) < 4.78 is 1.53. The molecule has 0 unspecified atom stereocenters. The number of benzene rings is 1. The van der Waals surface area contributed by atoms with Crippen molar-refractivity contribution in [1.82, 2.24) is 19.5 Å². The average molecular weight is 348 g/mol. The summed E-state index contributed by atoms with van der Waals surface area (Å²) in [5, 5.41) is 20.2. The minimum Gasteiger partial charge on any atom is -0.366 e. The monoisotopic (exact) mass is 348 g/mol. The van der Waals surface area contributed by atoms with Crippen LogP contribution in [0.3, 0.4) is 0 Å². The maximum absolute atomic E-state index is 12.7. The molecule has 0 fully saturated rings. The standard InChI is InChI=1S/C19H16N4O3/c24-18-15-4-2-13(1-3-14-12-20-8-9-21-14)11-16(15)22-17-5-6-19(25,26)7-10-23(17)18/h2,4,8-9,11-12,25-26H,5-7,10H2. The summed E-state index contributed by atoms with van der Waals surface area (Å²) in [4.78, 5) is 25.4. The zero-order valence-electron chi connectivity index (χ0n) is 13.9. The minimum absolute atomic E-state index is 0.106. The van der Waals surface area contributed by atoms with E-state index in [4.69, 9.17) is 0 Å². The number of hydrogen-bond acceptors (Lipinski definition) is 6. The number of aromatic nitrogens is 4. The third kappa shape index (κ3) is 3.20. The summed E-state index contributed by atoms with van der Waals surface area (Å²) in [6, 6.07) is 5.23. The molecule has 0 saturated heterocycles. The van der Waals surface area contributed by atoms with Gasteiger partial charge in [-0.3, -0.25) is 14.3 Å². The van der Waals surface area contributed by atoms with Crippen molar-refractivity contribution >= 4 is 10.9 Å². The maximum Gasteiger partial charge on any atom is 0.261 e. The van der Waals surface area contributed by atoms with Gasteiger partial charge in [0.1, 0.15) is 11.5 Å². The molecule has 2 N–H and O–H groups in total. The lowest BCUT2D eigenvalue weighted by Gasteiger charge is -2.17. The molecule has 2 aromatic heterocycles. The molecular weight excluding hydrogens is 332 g/mol. The van der Waals surface area contributed by atoms with Crippen LogP contribution in [0.4, 0.5) is 0 Å². The van der Waals surface area contributed by atoms with Crippen molar-refractivity contribution in [3.8, 4) is 11.8 Å². The van der Waals surface area contributed by atoms with E-state index in [1.54, 1.807) is 36.8 Å². The highest BCUT2D eigenvalue weighted by Gasteiger charge is 2.28. The van der Waals surface area contributed by atoms with Crippen molar-refractivity contribution in [3.63, 3.8) is 0 Å². The van der Waals surface area contributed by atoms with Gasteiger partial charge in [-0.15, -0.1) is 0 Å². The molecule has 1 aromatic carbocycles. The van der Waals surface area contributed by atoms with Crippen molar-refractivity contribution in [2.24, 2.45) is 0 Å². The maximum atomic E-state index is 12.7. The second-order valence-electron chi connectivity index (χ2n) is 6.29. The van der Waals surface area contributed by atoms with E-state index in [1.165, 1.54) is 4.57 Å². The van der Waals surface area contributed by atoms with Crippen molar-refractivity contribution in [2.45, 2.75) is 31.6 Å². The topological polar surface area (TPSA) is 101 Å². The Morgan fingerprint density at radius 1 is 1.15 bits per heavy atom. The Kier molecular flexibility index (Phi) is 3.99. The lowest BCUT2D eigenvalue weighted by molar-refractivity contribution is -0.169. The Morgan fingerprint density at radius 3 is 2.85 bits per heavy atom. The summed E-state index contributed by atoms with van der Waals surface area (Å²) >= 11 is 0. The van der Waals surface area contributed by atoms with Crippen LogP contribution in [0.15, 0.2) is 41.6 Å². The smallest absolute Gasteiger partial charge is 0.261 e. The van der Waals surface area contributed by atoms with E-state index in [1.807, 2.05) is 0 Å². The number of nitrogens with zero attached hydrogens (tertiary/aromatic N) is 4. The van der Waals surface area contributed by atoms with E-state index in [9.17, 15) is 15.0 Å². The molecule has 4 rings (SSSR count). The first-order valence-electron chi connectivity index (χ1n) is 8.28. The Morgan fingerprint density at radius 2 is 2.04 bits per heavy atom. The highest BCUT2D eigenvalue weighted by Crippen LogP contribution is 2.21. The van der Waals surface area contributed by atoms with Gasteiger partial charge < -0.3 is 10.2 Å². The molecule has 7 nitrogen and oxygen atoms in total. The van der Waals surface area contributed by atoms with Crippen LogP contribution < -0.4 is 5.56 Å². The molecule has 0 amide bonds. The molecule has 1 aliphatic rings. The minimum atomic E-state index is -1.76. The van der Waals surface area contributed by atoms with Gasteiger partial charge in [-0.1, -0.05) is 5.92 Å². The SMILES string of the molecule is O=c1c2ccc(C#Cc3cnccn3)cc2nc2n1CCC(O)(O)CC2. The molecule has 7 heteroatoms. The summed E-state index contributed by atoms with van der Waals surface area (Å²) in [5.41, 5.74) is 1.66. The summed E-state index contributed by atoms with van der Waals surface area (Å²) in [6.07, 6.45) is 5.32. The normalized spacial score (nSPS) is 15.6. The predicted molar refractivity (Wildman–Crippen MR) is 94.1 cm³/mol. The second-order valence-corrected chi connectivity index (χ2v) is 6.29. The highest BCUT2D eigenvalue weighted by molar-refractivity contribution is 5.79. The van der Waals surface area contributed by atoms with Crippen LogP contribution in [0.2, 0.25) is 0 Å². The van der Waals surface area contributed by atoms with E-state index < -0.39 is 5.79 Å². The molecule has 1 aliphatic heterocycles. The summed E-state index contributed by atoms with van der Waals surface area (Å²) in [7, 11) is 0. The third-order valence-electron chi connectivity index (χ3n) is 4.42. The van der Waals surface area contributed by atoms with Gasteiger partial charge in [0.25, 0.3) is 5.56 Å². The van der Waals surface area contributed by atoms with Crippen molar-refractivity contribution in [1.29, 1.82) is 0 Å². The van der Waals surface area contributed by atoms with Gasteiger partial charge in [-0.2, -0.15) is 0 Å². The highest BCUT2D eigenvalue weighted by atomic mass is 16.5. The molecular formula is C19H16N4O3. The largest absolute Gasteiger partial charge is 0.366 e. The van der Waals surface area contributed by atoms with Gasteiger partial charge in [0.15, 0.2) is 5.79 Å². The van der Waals surface area contributed by atoms with Gasteiger partial charge in [0.05, 0.1) is 17.1 Å². The van der Waals surface area contributed by atoms with Crippen LogP contribution >= 0.6 is 0 Å². The fourth-order valence-electron chi connectivity index (χ4n) is 2.99. The molecule has 0 radical (unpaired) electrons. The van der Waals surface area contributed by atoms with E-state index in [0.717, 1.165) is 0 Å². The summed E-state index contributed by atoms with van der Waals surface area (Å²) in [6.45, 7) is 0.234. The van der Waals surface area contributed by atoms with Gasteiger partial charge in [0.2, 0.25) is 0 Å². The summed E-state index contributed by atoms with van der Waals surface area (Å²) in [5.74, 6) is 4.72. The Balaban J connectivity index is 1.76. The molecule has 0 saturated carbocycles. The van der Waals surface area contributed by atoms with Crippen LogP contribution in [0, 0.1) is 11.8 Å². The Bertz CT molecular complexity index is 1090. The van der Waals surface area contributed by atoms with Gasteiger partial charge in [-0.05, 0) is 24.1 Å². The van der Waals surface area contributed by atoms with Crippen molar-refractivity contribution < 1.29 is 10.2 Å². The van der Waals surface area contributed by atoms with Crippen LogP contribution in [0.1, 0.15) is 29.9 Å². The lowest BCUT2D eigenvalue weighted by Crippen LogP contribution is -2.29. The molecule has 3 aromatic rings. The molecule has 0 aliphatic carbocycles. The third-order valence-corrected chi connectivity index (χ3v) is 4.42. The number of fused-ring (bicyclic) bond motifs is 2. The van der Waals surface area contributed by atoms with Gasteiger partial charge >= 0.3 is 0 Å². The fourth-order valence-corrected chi connectivity index (χ4v) is 2.99. The zero-order valence-corrected chi connectivity index (χ0v) is 13.9. The van der Waals surface area contributed by atoms with Crippen LogP contribution in [-0.4, -0.2) is 35.5 Å². The van der Waals surface area contributed by atoms with Gasteiger partial charge in [-0.25, -0.2) is 9.97 Å². The van der Waals surface area contributed by atoms with E-state index in [0.29, 0.717) is 34.4 Å². The van der Waals surface area contributed by atoms with E-state index >= 15 is 0 Å². The molecule has 0 atom stereocenters. The fraction of sp³-hybridized carbons (Fsp3) is 0.263. The zero-order chi connectivity index (χ0) is 18.1. The van der Waals surface area contributed by atoms with Gasteiger partial charge in [0, 0.05) is 43.8 Å². The van der Waals surface area contributed by atoms with Crippen molar-refractivity contribution in [2.75, 3.05) is 0 Å². The number of aryl methyl sites for hydroxylation is 1. The molecule has 130 valence electrons. The van der Waals surface area contributed by atoms with Crippen LogP contribution in [0.5, 0.6) is 0 Å². The quantitative estimate of drug-likeness (QED) is 0.456. The molecule has 0 spiro atoms. The Labute approximate surface area is 149 Å².